The molecule has 0 aliphatic heterocycles. The Balaban J connectivity index is 2.83. The first kappa shape index (κ1) is 27.3. The number of hydrogen-bond donors (Lipinski definition) is 2. The molecule has 4 N–H and O–H groups in total. The maximum absolute atomic E-state index is 6.67. The summed E-state index contributed by atoms with van der Waals surface area (Å²) in [6.07, 6.45) is 7.31. The Labute approximate surface area is 204 Å². The van der Waals surface area contributed by atoms with Gasteiger partial charge in [0.1, 0.15) is 0 Å². The summed E-state index contributed by atoms with van der Waals surface area (Å²) in [5.41, 5.74) is 20.3. The highest BCUT2D eigenvalue weighted by atomic mass is 14.6. The third-order valence-electron chi connectivity index (χ3n) is 7.91. The quantitative estimate of drug-likeness (QED) is 0.317. The first-order valence-electron chi connectivity index (χ1n) is 13.4. The van der Waals surface area contributed by atoms with Crippen LogP contribution in [0.25, 0.3) is 0 Å². The molecule has 0 fully saturated rings. The average Bonchev–Trinajstić information content (AvgIpc) is 2.76. The molecule has 0 heterocycles. The largest absolute Gasteiger partial charge is 0.398 e. The molecule has 0 bridgehead atoms. The Morgan fingerprint density at radius 1 is 0.636 bits per heavy atom. The van der Waals surface area contributed by atoms with Crippen molar-refractivity contribution in [2.45, 2.75) is 111 Å². The molecule has 2 aromatic rings. The van der Waals surface area contributed by atoms with Crippen molar-refractivity contribution in [1.82, 2.24) is 0 Å². The molecule has 184 valence electrons. The fraction of sp³-hybridized carbons (Fsp3) is 0.613. The van der Waals surface area contributed by atoms with Crippen LogP contribution in [0, 0.1) is 11.8 Å². The van der Waals surface area contributed by atoms with Crippen molar-refractivity contribution in [1.29, 1.82) is 0 Å². The van der Waals surface area contributed by atoms with Crippen LogP contribution in [0.3, 0.4) is 0 Å². The van der Waals surface area contributed by atoms with Gasteiger partial charge >= 0.3 is 0 Å². The number of unbranched alkanes of at least 4 members (excludes halogenated alkanes) is 2. The Kier molecular flexibility index (Phi) is 9.88. The summed E-state index contributed by atoms with van der Waals surface area (Å²) in [5.74, 6) is 1.81. The first-order chi connectivity index (χ1) is 15.6. The Hall–Kier alpha value is -1.96. The zero-order valence-corrected chi connectivity index (χ0v) is 22.7. The van der Waals surface area contributed by atoms with Crippen molar-refractivity contribution in [3.63, 3.8) is 0 Å². The van der Waals surface area contributed by atoms with Gasteiger partial charge in [-0.15, -0.1) is 0 Å². The number of hydrogen-bond acceptors (Lipinski definition) is 2. The lowest BCUT2D eigenvalue weighted by molar-refractivity contribution is 0.213. The molecule has 2 nitrogen and oxygen atoms in total. The van der Waals surface area contributed by atoms with Crippen LogP contribution in [0.2, 0.25) is 0 Å². The highest BCUT2D eigenvalue weighted by Gasteiger charge is 2.44. The maximum atomic E-state index is 6.67. The minimum atomic E-state index is -0.113. The van der Waals surface area contributed by atoms with Crippen LogP contribution < -0.4 is 11.5 Å². The van der Waals surface area contributed by atoms with E-state index in [2.05, 4.69) is 91.8 Å². The van der Waals surface area contributed by atoms with Gasteiger partial charge in [-0.05, 0) is 70.9 Å². The SMILES string of the molecule is CCCCC(C)C(c1ccc(C(C)C)c(N)c1)(c1ccc(C(C)C)c(N)c1)C(C)CCCC. The fourth-order valence-corrected chi connectivity index (χ4v) is 5.98. The maximum Gasteiger partial charge on any atom is 0.0352 e. The third-order valence-corrected chi connectivity index (χ3v) is 7.91. The predicted octanol–water partition coefficient (Wildman–Crippen LogP) is 9.04. The summed E-state index contributed by atoms with van der Waals surface area (Å²) in [7, 11) is 0. The highest BCUT2D eigenvalue weighted by molar-refractivity contribution is 5.58. The van der Waals surface area contributed by atoms with E-state index < -0.39 is 0 Å². The van der Waals surface area contributed by atoms with Gasteiger partial charge in [0.25, 0.3) is 0 Å². The minimum absolute atomic E-state index is 0.113. The normalized spacial score (nSPS) is 14.1. The molecule has 0 saturated heterocycles. The monoisotopic (exact) mass is 450 g/mol. The molecule has 2 rings (SSSR count). The summed E-state index contributed by atoms with van der Waals surface area (Å²) in [5, 5.41) is 0. The second-order valence-electron chi connectivity index (χ2n) is 11.0. The van der Waals surface area contributed by atoms with Crippen molar-refractivity contribution in [2.75, 3.05) is 11.5 Å². The average molecular weight is 451 g/mol. The van der Waals surface area contributed by atoms with Crippen LogP contribution in [-0.2, 0) is 5.41 Å². The molecule has 2 heteroatoms. The van der Waals surface area contributed by atoms with Crippen molar-refractivity contribution in [2.24, 2.45) is 11.8 Å². The molecule has 33 heavy (non-hydrogen) atoms. The van der Waals surface area contributed by atoms with E-state index in [1.807, 2.05) is 0 Å². The smallest absolute Gasteiger partial charge is 0.0352 e. The van der Waals surface area contributed by atoms with Gasteiger partial charge in [-0.25, -0.2) is 0 Å². The third kappa shape index (κ3) is 5.76. The van der Waals surface area contributed by atoms with E-state index in [1.165, 1.54) is 60.8 Å². The number of rotatable bonds is 12. The molecule has 0 aliphatic rings. The lowest BCUT2D eigenvalue weighted by Crippen LogP contribution is -2.42. The molecule has 0 saturated carbocycles. The summed E-state index contributed by atoms with van der Waals surface area (Å²) in [4.78, 5) is 0. The van der Waals surface area contributed by atoms with Crippen molar-refractivity contribution in [3.8, 4) is 0 Å². The van der Waals surface area contributed by atoms with Crippen molar-refractivity contribution >= 4 is 11.4 Å². The van der Waals surface area contributed by atoms with Gasteiger partial charge in [-0.3, -0.25) is 0 Å². The van der Waals surface area contributed by atoms with Crippen LogP contribution in [0.15, 0.2) is 36.4 Å². The van der Waals surface area contributed by atoms with Crippen molar-refractivity contribution < 1.29 is 0 Å². The van der Waals surface area contributed by atoms with E-state index in [9.17, 15) is 0 Å². The summed E-state index contributed by atoms with van der Waals surface area (Å²) < 4.78 is 0. The number of nitrogens with two attached hydrogens (primary N) is 2. The second-order valence-corrected chi connectivity index (χ2v) is 11.0. The van der Waals surface area contributed by atoms with Gasteiger partial charge in [0, 0.05) is 16.8 Å². The molecular weight excluding hydrogens is 400 g/mol. The Morgan fingerprint density at radius 3 is 1.27 bits per heavy atom. The van der Waals surface area contributed by atoms with E-state index in [0.29, 0.717) is 23.7 Å². The second kappa shape index (κ2) is 12.0. The zero-order valence-electron chi connectivity index (χ0n) is 22.7. The van der Waals surface area contributed by atoms with Crippen LogP contribution >= 0.6 is 0 Å². The molecular formula is C31H50N2. The molecule has 2 aromatic carbocycles. The van der Waals surface area contributed by atoms with Gasteiger partial charge in [-0.2, -0.15) is 0 Å². The zero-order chi connectivity index (χ0) is 24.8. The van der Waals surface area contributed by atoms with E-state index in [-0.39, 0.29) is 5.41 Å². The molecule has 0 spiro atoms. The number of anilines is 2. The standard InChI is InChI=1S/C31H50N2/c1-9-11-13-23(7)31(24(8)14-12-10-2,25-15-17-27(21(3)4)29(32)19-25)26-16-18-28(22(5)6)30(33)20-26/h15-24H,9-14,32-33H2,1-8H3. The van der Waals surface area contributed by atoms with Gasteiger partial charge < -0.3 is 11.5 Å². The predicted molar refractivity (Wildman–Crippen MR) is 148 cm³/mol. The topological polar surface area (TPSA) is 52.0 Å². The highest BCUT2D eigenvalue weighted by Crippen LogP contribution is 2.50. The van der Waals surface area contributed by atoms with E-state index in [1.54, 1.807) is 0 Å². The summed E-state index contributed by atoms with van der Waals surface area (Å²) >= 11 is 0. The van der Waals surface area contributed by atoms with Crippen LogP contribution in [-0.4, -0.2) is 0 Å². The molecule has 0 aromatic heterocycles. The summed E-state index contributed by atoms with van der Waals surface area (Å²) in [6.45, 7) is 18.4. The van der Waals surface area contributed by atoms with Gasteiger partial charge in [0.2, 0.25) is 0 Å². The van der Waals surface area contributed by atoms with E-state index in [4.69, 9.17) is 11.5 Å². The Morgan fingerprint density at radius 2 is 1.00 bits per heavy atom. The lowest BCUT2D eigenvalue weighted by atomic mass is 9.57. The fourth-order valence-electron chi connectivity index (χ4n) is 5.98. The molecule has 0 radical (unpaired) electrons. The Bertz CT molecular complexity index is 807. The van der Waals surface area contributed by atoms with Crippen molar-refractivity contribution in [3.05, 3.63) is 58.7 Å². The first-order valence-corrected chi connectivity index (χ1v) is 13.4. The number of benzene rings is 2. The summed E-state index contributed by atoms with van der Waals surface area (Å²) in [6, 6.07) is 13.8. The van der Waals surface area contributed by atoms with Crippen LogP contribution in [0.4, 0.5) is 11.4 Å². The molecule has 2 unspecified atom stereocenters. The lowest BCUT2D eigenvalue weighted by Gasteiger charge is -2.46. The van der Waals surface area contributed by atoms with Gasteiger partial charge in [0.15, 0.2) is 0 Å². The van der Waals surface area contributed by atoms with Gasteiger partial charge in [-0.1, -0.05) is 105 Å². The van der Waals surface area contributed by atoms with E-state index >= 15 is 0 Å². The number of nitrogen functional groups attached to an aromatic ring is 2. The minimum Gasteiger partial charge on any atom is -0.398 e. The van der Waals surface area contributed by atoms with Crippen LogP contribution in [0.1, 0.15) is 128 Å². The van der Waals surface area contributed by atoms with Crippen LogP contribution in [0.5, 0.6) is 0 Å². The van der Waals surface area contributed by atoms with Gasteiger partial charge in [0.05, 0.1) is 0 Å². The molecule has 0 amide bonds. The van der Waals surface area contributed by atoms with E-state index in [0.717, 1.165) is 11.4 Å². The molecule has 0 aliphatic carbocycles. The molecule has 2 atom stereocenters.